The van der Waals surface area contributed by atoms with Crippen molar-refractivity contribution in [2.75, 3.05) is 0 Å². The summed E-state index contributed by atoms with van der Waals surface area (Å²) in [6.07, 6.45) is 0. The Morgan fingerprint density at radius 2 is 1.27 bits per heavy atom. The lowest BCUT2D eigenvalue weighted by atomic mass is 9.98. The van der Waals surface area contributed by atoms with Gasteiger partial charge in [0.25, 0.3) is 0 Å². The molecule has 0 saturated carbocycles. The fourth-order valence-electron chi connectivity index (χ4n) is 7.65. The molecule has 0 aliphatic rings. The highest BCUT2D eigenvalue weighted by Gasteiger charge is 2.24. The molecule has 0 amide bonds. The Kier molecular flexibility index (Phi) is 5.11. The highest BCUT2D eigenvalue weighted by molar-refractivity contribution is 6.36. The molecule has 48 heavy (non-hydrogen) atoms. The van der Waals surface area contributed by atoms with E-state index in [1.165, 1.54) is 10.8 Å². The van der Waals surface area contributed by atoms with E-state index < -0.39 is 0 Å². The van der Waals surface area contributed by atoms with Gasteiger partial charge in [0, 0.05) is 43.6 Å². The number of aromatic nitrogens is 3. The number of halogens is 1. The van der Waals surface area contributed by atoms with Crippen molar-refractivity contribution in [2.24, 2.45) is 0 Å². The average Bonchev–Trinajstić information content (AvgIpc) is 3.81. The maximum absolute atomic E-state index is 7.01. The number of nitrogens with zero attached hydrogens (tertiary/aromatic N) is 3. The van der Waals surface area contributed by atoms with E-state index in [9.17, 15) is 0 Å². The molecule has 7 aromatic carbocycles. The standard InChI is InChI=1S/C42H22ClN3O2/c43-41-36(45-42-37(44-41)30-17-6-8-19-33(30)47-42)24-11-9-12-25(22-24)46-32-18-7-5-16-29(32)34-27-14-3-4-15-28(27)35-31-21-20-23-10-1-2-13-26(23)39(31)48-40(35)38(34)46/h1-22H. The van der Waals surface area contributed by atoms with Gasteiger partial charge in [-0.1, -0.05) is 109 Å². The van der Waals surface area contributed by atoms with Crippen LogP contribution in [0.5, 0.6) is 0 Å². The zero-order chi connectivity index (χ0) is 31.5. The van der Waals surface area contributed by atoms with E-state index in [1.54, 1.807) is 0 Å². The van der Waals surface area contributed by atoms with Gasteiger partial charge in [-0.05, 0) is 52.6 Å². The van der Waals surface area contributed by atoms with Crippen LogP contribution >= 0.6 is 11.6 Å². The van der Waals surface area contributed by atoms with Gasteiger partial charge in [-0.15, -0.1) is 0 Å². The van der Waals surface area contributed by atoms with E-state index >= 15 is 0 Å². The number of benzene rings is 7. The molecule has 6 heteroatoms. The van der Waals surface area contributed by atoms with Gasteiger partial charge in [-0.2, -0.15) is 0 Å². The van der Waals surface area contributed by atoms with Crippen molar-refractivity contribution in [1.29, 1.82) is 0 Å². The summed E-state index contributed by atoms with van der Waals surface area (Å²) in [4.78, 5) is 9.63. The normalized spacial score (nSPS) is 12.3. The molecule has 0 spiro atoms. The molecule has 0 N–H and O–H groups in total. The molecule has 0 atom stereocenters. The highest BCUT2D eigenvalue weighted by atomic mass is 35.5. The fraction of sp³-hybridized carbons (Fsp3) is 0. The highest BCUT2D eigenvalue weighted by Crippen LogP contribution is 2.47. The Morgan fingerprint density at radius 1 is 0.542 bits per heavy atom. The van der Waals surface area contributed by atoms with Gasteiger partial charge in [0.1, 0.15) is 22.4 Å². The minimum absolute atomic E-state index is 0.325. The average molecular weight is 636 g/mol. The summed E-state index contributed by atoms with van der Waals surface area (Å²) in [5, 5.41) is 10.4. The van der Waals surface area contributed by atoms with E-state index in [2.05, 4.69) is 102 Å². The predicted octanol–water partition coefficient (Wildman–Crippen LogP) is 12.0. The first-order valence-corrected chi connectivity index (χ1v) is 16.2. The second-order valence-electron chi connectivity index (χ2n) is 12.3. The summed E-state index contributed by atoms with van der Waals surface area (Å²) in [6, 6.07) is 46.1. The molecule has 224 valence electrons. The number of furan rings is 2. The lowest BCUT2D eigenvalue weighted by molar-refractivity contribution is 0.653. The Balaban J connectivity index is 1.26. The Labute approximate surface area is 277 Å². The van der Waals surface area contributed by atoms with Gasteiger partial charge < -0.3 is 13.4 Å². The lowest BCUT2D eigenvalue weighted by Gasteiger charge is -2.11. The molecule has 0 radical (unpaired) electrons. The smallest absolute Gasteiger partial charge is 0.247 e. The van der Waals surface area contributed by atoms with Crippen LogP contribution in [-0.2, 0) is 0 Å². The maximum atomic E-state index is 7.01. The molecule has 11 rings (SSSR count). The minimum Gasteiger partial charge on any atom is -0.453 e. The van der Waals surface area contributed by atoms with Crippen LogP contribution in [-0.4, -0.2) is 14.5 Å². The molecule has 5 nitrogen and oxygen atoms in total. The quantitative estimate of drug-likeness (QED) is 0.190. The topological polar surface area (TPSA) is 57.0 Å². The fourth-order valence-corrected chi connectivity index (χ4v) is 7.89. The predicted molar refractivity (Wildman–Crippen MR) is 196 cm³/mol. The van der Waals surface area contributed by atoms with Crippen molar-refractivity contribution in [2.45, 2.75) is 0 Å². The van der Waals surface area contributed by atoms with Crippen molar-refractivity contribution in [1.82, 2.24) is 14.5 Å². The first kappa shape index (κ1) is 26.0. The van der Waals surface area contributed by atoms with E-state index in [4.69, 9.17) is 30.4 Å². The van der Waals surface area contributed by atoms with Crippen LogP contribution in [0.25, 0.3) is 104 Å². The third-order valence-corrected chi connectivity index (χ3v) is 9.95. The van der Waals surface area contributed by atoms with Crippen LogP contribution in [0.2, 0.25) is 5.15 Å². The lowest BCUT2D eigenvalue weighted by Crippen LogP contribution is -1.96. The first-order valence-electron chi connectivity index (χ1n) is 15.9. The Morgan fingerprint density at radius 3 is 2.15 bits per heavy atom. The SMILES string of the molecule is Clc1nc2c(nc1-c1cccc(-n3c4ccccc4c4c5ccccc5c5c6ccc7ccccc7c6oc5c43)c1)oc1ccccc12. The first-order chi connectivity index (χ1) is 23.7. The van der Waals surface area contributed by atoms with E-state index in [0.29, 0.717) is 22.1 Å². The van der Waals surface area contributed by atoms with E-state index in [-0.39, 0.29) is 0 Å². The van der Waals surface area contributed by atoms with Crippen LogP contribution < -0.4 is 0 Å². The number of hydrogen-bond acceptors (Lipinski definition) is 4. The van der Waals surface area contributed by atoms with Crippen molar-refractivity contribution in [3.63, 3.8) is 0 Å². The number of para-hydroxylation sites is 2. The minimum atomic E-state index is 0.325. The monoisotopic (exact) mass is 635 g/mol. The molecule has 0 aliphatic carbocycles. The molecule has 0 aliphatic heterocycles. The summed E-state index contributed by atoms with van der Waals surface area (Å²) in [5.41, 5.74) is 8.07. The maximum Gasteiger partial charge on any atom is 0.247 e. The van der Waals surface area contributed by atoms with Gasteiger partial charge in [0.2, 0.25) is 5.71 Å². The molecular weight excluding hydrogens is 614 g/mol. The summed E-state index contributed by atoms with van der Waals surface area (Å²) in [7, 11) is 0. The second kappa shape index (κ2) is 9.44. The zero-order valence-corrected chi connectivity index (χ0v) is 26.0. The van der Waals surface area contributed by atoms with Crippen LogP contribution in [0.15, 0.2) is 142 Å². The number of fused-ring (bicyclic) bond motifs is 15. The zero-order valence-electron chi connectivity index (χ0n) is 25.2. The van der Waals surface area contributed by atoms with Crippen molar-refractivity contribution in [3.8, 4) is 16.9 Å². The third kappa shape index (κ3) is 3.40. The van der Waals surface area contributed by atoms with Crippen molar-refractivity contribution >= 4 is 99.1 Å². The van der Waals surface area contributed by atoms with Crippen LogP contribution in [0.4, 0.5) is 0 Å². The molecule has 0 bridgehead atoms. The Hall–Kier alpha value is -6.17. The number of rotatable bonds is 2. The van der Waals surface area contributed by atoms with Crippen LogP contribution in [0.3, 0.4) is 0 Å². The van der Waals surface area contributed by atoms with Gasteiger partial charge in [-0.25, -0.2) is 9.97 Å². The van der Waals surface area contributed by atoms with E-state index in [0.717, 1.165) is 76.7 Å². The van der Waals surface area contributed by atoms with Gasteiger partial charge in [-0.3, -0.25) is 0 Å². The molecule has 0 unspecified atom stereocenters. The molecule has 0 fully saturated rings. The molecule has 11 aromatic rings. The van der Waals surface area contributed by atoms with Crippen LogP contribution in [0, 0.1) is 0 Å². The Bertz CT molecular complexity index is 3150. The number of hydrogen-bond donors (Lipinski definition) is 0. The largest absolute Gasteiger partial charge is 0.453 e. The van der Waals surface area contributed by atoms with Gasteiger partial charge in [0.05, 0.1) is 11.0 Å². The van der Waals surface area contributed by atoms with Crippen LogP contribution in [0.1, 0.15) is 0 Å². The van der Waals surface area contributed by atoms with Crippen molar-refractivity contribution in [3.05, 3.63) is 139 Å². The molecule has 4 heterocycles. The molecule has 4 aromatic heterocycles. The van der Waals surface area contributed by atoms with Crippen molar-refractivity contribution < 1.29 is 8.83 Å². The van der Waals surface area contributed by atoms with E-state index in [1.807, 2.05) is 36.4 Å². The van der Waals surface area contributed by atoms with Gasteiger partial charge in [0.15, 0.2) is 10.7 Å². The summed E-state index contributed by atoms with van der Waals surface area (Å²) >= 11 is 6.86. The molecular formula is C42H22ClN3O2. The molecule has 0 saturated heterocycles. The second-order valence-corrected chi connectivity index (χ2v) is 12.6. The third-order valence-electron chi connectivity index (χ3n) is 9.68. The summed E-state index contributed by atoms with van der Waals surface area (Å²) in [5.74, 6) is 0. The summed E-state index contributed by atoms with van der Waals surface area (Å²) < 4.78 is 15.4. The van der Waals surface area contributed by atoms with Gasteiger partial charge >= 0.3 is 0 Å². The summed E-state index contributed by atoms with van der Waals surface area (Å²) in [6.45, 7) is 0.